The summed E-state index contributed by atoms with van der Waals surface area (Å²) < 4.78 is 27.1. The topological polar surface area (TPSA) is 128 Å². The van der Waals surface area contributed by atoms with Crippen molar-refractivity contribution in [3.8, 4) is 0 Å². The number of pyridine rings is 1. The second kappa shape index (κ2) is 12.2. The second-order valence-electron chi connectivity index (χ2n) is 6.88. The van der Waals surface area contributed by atoms with Gasteiger partial charge in [-0.15, -0.1) is 0 Å². The van der Waals surface area contributed by atoms with Gasteiger partial charge in [-0.3, -0.25) is 4.98 Å². The number of nitrogens with zero attached hydrogens (tertiary/aromatic N) is 4. The number of nitrogens with one attached hydrogen (secondary N) is 1. The molecule has 0 spiro atoms. The number of aliphatic hydroxyl groups excluding tert-OH is 1. The first-order valence-electron chi connectivity index (χ1n) is 9.70. The van der Waals surface area contributed by atoms with Crippen molar-refractivity contribution >= 4 is 15.7 Å². The highest BCUT2D eigenvalue weighted by molar-refractivity contribution is 7.89. The summed E-state index contributed by atoms with van der Waals surface area (Å²) in [5, 5.41) is 13.0. The fourth-order valence-electron chi connectivity index (χ4n) is 3.06. The normalized spacial score (nSPS) is 12.3. The highest BCUT2D eigenvalue weighted by Gasteiger charge is 2.13. The minimum absolute atomic E-state index is 0.137. The van der Waals surface area contributed by atoms with Gasteiger partial charge in [0.25, 0.3) is 0 Å². The van der Waals surface area contributed by atoms with Crippen molar-refractivity contribution < 1.29 is 13.5 Å². The van der Waals surface area contributed by atoms with Gasteiger partial charge in [-0.1, -0.05) is 29.7 Å². The van der Waals surface area contributed by atoms with Gasteiger partial charge in [0.1, 0.15) is 0 Å². The van der Waals surface area contributed by atoms with Gasteiger partial charge in [0.05, 0.1) is 4.90 Å². The number of sulfonamides is 1. The maximum atomic E-state index is 12.3. The molecule has 1 aromatic heterocycles. The average molecular weight is 418 g/mol. The molecule has 2 rings (SSSR count). The first kappa shape index (κ1) is 22.8. The van der Waals surface area contributed by atoms with Crippen LogP contribution < -0.4 is 4.72 Å². The predicted octanol–water partition coefficient (Wildman–Crippen LogP) is 4.10. The summed E-state index contributed by atoms with van der Waals surface area (Å²) in [7, 11) is -3.58. The molecule has 0 fully saturated rings. The van der Waals surface area contributed by atoms with E-state index in [0.717, 1.165) is 32.1 Å². The van der Waals surface area contributed by atoms with E-state index in [0.29, 0.717) is 18.7 Å². The second-order valence-corrected chi connectivity index (χ2v) is 8.65. The van der Waals surface area contributed by atoms with E-state index >= 15 is 0 Å². The maximum absolute atomic E-state index is 12.3. The summed E-state index contributed by atoms with van der Waals surface area (Å²) in [5.74, 6) is 0.233. The highest BCUT2D eigenvalue weighted by Crippen LogP contribution is 2.18. The average Bonchev–Trinajstić information content (AvgIpc) is 2.73. The monoisotopic (exact) mass is 417 g/mol. The number of hydrogen-bond acceptors (Lipinski definition) is 5. The number of benzene rings is 1. The summed E-state index contributed by atoms with van der Waals surface area (Å²) in [6, 6.07) is 9.73. The number of unbranched alkanes of at least 4 members (excludes halogenated alkanes) is 1. The predicted molar refractivity (Wildman–Crippen MR) is 112 cm³/mol. The molecule has 0 bridgehead atoms. The summed E-state index contributed by atoms with van der Waals surface area (Å²) >= 11 is 0. The number of hydrogen-bond donors (Lipinski definition) is 2. The standard InChI is InChI=1S/C20H27N5O3S/c21-25-24-19-9-11-20(12-10-19)29(27,28)23-14-2-1-5-18(16-26)7-3-6-17-8-4-13-22-15-17/h4,8-13,15,18,23,26H,1-3,5-7,14,16H2. The third-order valence-corrected chi connectivity index (χ3v) is 6.17. The van der Waals surface area contributed by atoms with Crippen LogP contribution >= 0.6 is 0 Å². The van der Waals surface area contributed by atoms with Crippen LogP contribution in [0.4, 0.5) is 5.69 Å². The summed E-state index contributed by atoms with van der Waals surface area (Å²) in [4.78, 5) is 6.90. The Morgan fingerprint density at radius 2 is 1.90 bits per heavy atom. The first-order chi connectivity index (χ1) is 14.0. The van der Waals surface area contributed by atoms with Gasteiger partial charge >= 0.3 is 0 Å². The van der Waals surface area contributed by atoms with E-state index in [1.165, 1.54) is 29.8 Å². The van der Waals surface area contributed by atoms with Crippen LogP contribution in [0.5, 0.6) is 0 Å². The quantitative estimate of drug-likeness (QED) is 0.220. The SMILES string of the molecule is [N-]=[N+]=Nc1ccc(S(=O)(=O)NCCCCC(CO)CCCc2cccnc2)cc1. The zero-order chi connectivity index (χ0) is 21.0. The molecule has 9 heteroatoms. The molecule has 1 aromatic carbocycles. The molecule has 0 aliphatic rings. The van der Waals surface area contributed by atoms with Crippen molar-refractivity contribution in [3.63, 3.8) is 0 Å². The molecule has 0 aliphatic carbocycles. The van der Waals surface area contributed by atoms with Crippen LogP contribution in [-0.4, -0.2) is 31.7 Å². The molecule has 0 aliphatic heterocycles. The molecule has 156 valence electrons. The number of rotatable bonds is 13. The van der Waals surface area contributed by atoms with Crippen molar-refractivity contribution in [3.05, 3.63) is 64.8 Å². The van der Waals surface area contributed by atoms with Gasteiger partial charge < -0.3 is 5.11 Å². The van der Waals surface area contributed by atoms with E-state index in [-0.39, 0.29) is 17.4 Å². The van der Waals surface area contributed by atoms with E-state index in [2.05, 4.69) is 25.8 Å². The van der Waals surface area contributed by atoms with Crippen LogP contribution in [0.25, 0.3) is 10.4 Å². The smallest absolute Gasteiger partial charge is 0.240 e. The zero-order valence-corrected chi connectivity index (χ0v) is 17.1. The molecule has 0 saturated carbocycles. The zero-order valence-electron chi connectivity index (χ0n) is 16.3. The van der Waals surface area contributed by atoms with E-state index in [1.54, 1.807) is 6.20 Å². The molecular formula is C20H27N5O3S. The van der Waals surface area contributed by atoms with Gasteiger partial charge in [0.2, 0.25) is 10.0 Å². The van der Waals surface area contributed by atoms with Crippen molar-refractivity contribution in [1.29, 1.82) is 0 Å². The van der Waals surface area contributed by atoms with Gasteiger partial charge in [-0.2, -0.15) is 0 Å². The fraction of sp³-hybridized carbons (Fsp3) is 0.450. The third-order valence-electron chi connectivity index (χ3n) is 4.70. The lowest BCUT2D eigenvalue weighted by Crippen LogP contribution is -2.24. The Labute approximate surface area is 171 Å². The van der Waals surface area contributed by atoms with Crippen LogP contribution in [0.3, 0.4) is 0 Å². The number of aryl methyl sites for hydroxylation is 1. The van der Waals surface area contributed by atoms with E-state index in [1.807, 2.05) is 12.3 Å². The van der Waals surface area contributed by atoms with E-state index < -0.39 is 10.0 Å². The number of azide groups is 1. The minimum Gasteiger partial charge on any atom is -0.396 e. The van der Waals surface area contributed by atoms with Crippen molar-refractivity contribution in [2.24, 2.45) is 11.0 Å². The molecule has 29 heavy (non-hydrogen) atoms. The molecule has 1 unspecified atom stereocenters. The van der Waals surface area contributed by atoms with E-state index in [4.69, 9.17) is 5.53 Å². The van der Waals surface area contributed by atoms with Crippen molar-refractivity contribution in [2.75, 3.05) is 13.2 Å². The Bertz CT molecular complexity index is 882. The molecule has 8 nitrogen and oxygen atoms in total. The fourth-order valence-corrected chi connectivity index (χ4v) is 4.13. The van der Waals surface area contributed by atoms with Gasteiger partial charge in [0, 0.05) is 36.1 Å². The highest BCUT2D eigenvalue weighted by atomic mass is 32.2. The first-order valence-corrected chi connectivity index (χ1v) is 11.2. The Kier molecular flexibility index (Phi) is 9.59. The number of aromatic nitrogens is 1. The van der Waals surface area contributed by atoms with Crippen molar-refractivity contribution in [1.82, 2.24) is 9.71 Å². The Balaban J connectivity index is 1.67. The molecule has 2 aromatic rings. The Hall–Kier alpha value is -2.45. The lowest BCUT2D eigenvalue weighted by atomic mass is 9.95. The Morgan fingerprint density at radius 3 is 2.55 bits per heavy atom. The molecular weight excluding hydrogens is 390 g/mol. The van der Waals surface area contributed by atoms with Crippen LogP contribution in [0.1, 0.15) is 37.7 Å². The molecule has 0 radical (unpaired) electrons. The maximum Gasteiger partial charge on any atom is 0.240 e. The van der Waals surface area contributed by atoms with Gasteiger partial charge in [0.15, 0.2) is 0 Å². The Morgan fingerprint density at radius 1 is 1.14 bits per heavy atom. The molecule has 2 N–H and O–H groups in total. The minimum atomic E-state index is -3.58. The van der Waals surface area contributed by atoms with Crippen LogP contribution in [0, 0.1) is 5.92 Å². The van der Waals surface area contributed by atoms with Crippen LogP contribution in [0.2, 0.25) is 0 Å². The lowest BCUT2D eigenvalue weighted by molar-refractivity contribution is 0.205. The van der Waals surface area contributed by atoms with E-state index in [9.17, 15) is 13.5 Å². The molecule has 1 heterocycles. The number of aliphatic hydroxyl groups is 1. The molecule has 1 atom stereocenters. The summed E-state index contributed by atoms with van der Waals surface area (Å²) in [6.07, 6.45) is 8.92. The largest absolute Gasteiger partial charge is 0.396 e. The van der Waals surface area contributed by atoms with Crippen molar-refractivity contribution in [2.45, 2.75) is 43.4 Å². The van der Waals surface area contributed by atoms with Crippen LogP contribution in [-0.2, 0) is 16.4 Å². The van der Waals surface area contributed by atoms with Crippen LogP contribution in [0.15, 0.2) is 58.8 Å². The molecule has 0 amide bonds. The molecule has 0 saturated heterocycles. The van der Waals surface area contributed by atoms with Gasteiger partial charge in [-0.05, 0) is 67.3 Å². The lowest BCUT2D eigenvalue weighted by Gasteiger charge is -2.14. The van der Waals surface area contributed by atoms with Gasteiger partial charge in [-0.25, -0.2) is 13.1 Å². The summed E-state index contributed by atoms with van der Waals surface area (Å²) in [6.45, 7) is 0.491. The third kappa shape index (κ3) is 8.21. The summed E-state index contributed by atoms with van der Waals surface area (Å²) in [5.41, 5.74) is 9.95.